The van der Waals surface area contributed by atoms with Gasteiger partial charge in [0.25, 0.3) is 0 Å². The summed E-state index contributed by atoms with van der Waals surface area (Å²) in [5.41, 5.74) is -3.78. The smallest absolute Gasteiger partial charge is 0.383 e. The Bertz CT molecular complexity index is 951. The van der Waals surface area contributed by atoms with Crippen molar-refractivity contribution in [2.75, 3.05) is 13.7 Å². The second-order valence-corrected chi connectivity index (χ2v) is 7.77. The van der Waals surface area contributed by atoms with Crippen molar-refractivity contribution >= 4 is 5.91 Å². The van der Waals surface area contributed by atoms with Crippen LogP contribution in [0.3, 0.4) is 0 Å². The molecule has 10 heteroatoms. The summed E-state index contributed by atoms with van der Waals surface area (Å²) in [4.78, 5) is 13.1. The van der Waals surface area contributed by atoms with Crippen molar-refractivity contribution in [2.24, 2.45) is 5.41 Å². The predicted molar refractivity (Wildman–Crippen MR) is 108 cm³/mol. The van der Waals surface area contributed by atoms with Gasteiger partial charge in [-0.15, -0.1) is 0 Å². The van der Waals surface area contributed by atoms with E-state index in [4.69, 9.17) is 4.74 Å². The molecule has 0 heterocycles. The van der Waals surface area contributed by atoms with Crippen LogP contribution in [-0.4, -0.2) is 25.7 Å². The zero-order valence-corrected chi connectivity index (χ0v) is 17.8. The summed E-state index contributed by atoms with van der Waals surface area (Å²) in [5.74, 6) is -0.815. The molecule has 0 saturated heterocycles. The first-order valence-electron chi connectivity index (χ1n) is 9.84. The number of halogens is 6. The van der Waals surface area contributed by atoms with Gasteiger partial charge in [0.1, 0.15) is 5.41 Å². The van der Waals surface area contributed by atoms with Gasteiger partial charge in [0.05, 0.1) is 23.8 Å². The number of alkyl halides is 6. The number of nitrogens with zero attached hydrogens (tertiary/aromatic N) is 1. The molecule has 1 unspecified atom stereocenters. The lowest BCUT2D eigenvalue weighted by Gasteiger charge is -2.28. The quantitative estimate of drug-likeness (QED) is 0.540. The number of amides is 1. The van der Waals surface area contributed by atoms with E-state index in [9.17, 15) is 36.4 Å². The maximum absolute atomic E-state index is 13.1. The van der Waals surface area contributed by atoms with Gasteiger partial charge >= 0.3 is 12.4 Å². The van der Waals surface area contributed by atoms with Crippen molar-refractivity contribution < 1.29 is 35.9 Å². The van der Waals surface area contributed by atoms with Crippen LogP contribution in [0.15, 0.2) is 48.5 Å². The molecule has 2 aromatic rings. The molecule has 0 radical (unpaired) electrons. The molecule has 0 fully saturated rings. The highest BCUT2D eigenvalue weighted by Gasteiger charge is 2.41. The number of carbonyl (C=O) groups is 1. The summed E-state index contributed by atoms with van der Waals surface area (Å²) in [6.45, 7) is 1.69. The van der Waals surface area contributed by atoms with Crippen LogP contribution in [0.25, 0.3) is 0 Å². The van der Waals surface area contributed by atoms with Gasteiger partial charge in [-0.05, 0) is 30.2 Å². The summed E-state index contributed by atoms with van der Waals surface area (Å²) in [6.07, 6.45) is -10.1. The average Bonchev–Trinajstić information content (AvgIpc) is 2.72. The first kappa shape index (κ1) is 26.2. The van der Waals surface area contributed by atoms with Gasteiger partial charge < -0.3 is 10.1 Å². The molecule has 0 spiro atoms. The molecule has 2 aromatic carbocycles. The zero-order chi connectivity index (χ0) is 24.9. The normalized spacial score (nSPS) is 13.3. The van der Waals surface area contributed by atoms with Gasteiger partial charge in [0, 0.05) is 26.0 Å². The van der Waals surface area contributed by atoms with Gasteiger partial charge in [-0.1, -0.05) is 36.4 Å². The van der Waals surface area contributed by atoms with Gasteiger partial charge in [-0.25, -0.2) is 0 Å². The molecule has 178 valence electrons. The number of hydrogen-bond acceptors (Lipinski definition) is 3. The second-order valence-electron chi connectivity index (χ2n) is 7.77. The maximum Gasteiger partial charge on any atom is 0.416 e. The summed E-state index contributed by atoms with van der Waals surface area (Å²) in [6, 6.07) is 9.63. The minimum atomic E-state index is -4.64. The zero-order valence-electron chi connectivity index (χ0n) is 17.8. The van der Waals surface area contributed by atoms with E-state index in [0.29, 0.717) is 0 Å². The molecule has 0 aliphatic carbocycles. The van der Waals surface area contributed by atoms with Crippen LogP contribution < -0.4 is 5.32 Å². The highest BCUT2D eigenvalue weighted by Crippen LogP contribution is 2.35. The van der Waals surface area contributed by atoms with E-state index < -0.39 is 53.7 Å². The van der Waals surface area contributed by atoms with E-state index in [0.717, 1.165) is 36.4 Å². The minimum absolute atomic E-state index is 0.0490. The maximum atomic E-state index is 13.1. The summed E-state index contributed by atoms with van der Waals surface area (Å²) < 4.78 is 83.8. The average molecular weight is 472 g/mol. The lowest BCUT2D eigenvalue weighted by molar-refractivity contribution is -0.138. The van der Waals surface area contributed by atoms with Crippen molar-refractivity contribution in [1.82, 2.24) is 5.32 Å². The van der Waals surface area contributed by atoms with Gasteiger partial charge in [-0.3, -0.25) is 4.79 Å². The SMILES string of the molecule is COCC(C)NC(=O)C(C#N)(Cc1cccc(C(F)(F)F)c1)Cc1cccc(C(F)(F)F)c1. The Balaban J connectivity index is 2.50. The van der Waals surface area contributed by atoms with E-state index in [1.165, 1.54) is 19.2 Å². The molecule has 0 bridgehead atoms. The number of methoxy groups -OCH3 is 1. The standard InChI is InChI=1S/C23H22F6N2O2/c1-15(13-33-2)31-20(32)21(14-30,11-16-5-3-7-18(9-16)22(24,25)26)12-17-6-4-8-19(10-17)23(27,28)29/h3-10,15H,11-13H2,1-2H3,(H,31,32). The van der Waals surface area contributed by atoms with Crippen LogP contribution in [0.5, 0.6) is 0 Å². The fourth-order valence-corrected chi connectivity index (χ4v) is 3.42. The summed E-state index contributed by atoms with van der Waals surface area (Å²) in [5, 5.41) is 12.6. The fraction of sp³-hybridized carbons (Fsp3) is 0.391. The van der Waals surface area contributed by atoms with Crippen molar-refractivity contribution in [3.63, 3.8) is 0 Å². The van der Waals surface area contributed by atoms with E-state index in [1.807, 2.05) is 6.07 Å². The van der Waals surface area contributed by atoms with Crippen LogP contribution in [0.4, 0.5) is 26.3 Å². The Morgan fingerprint density at radius 3 is 1.79 bits per heavy atom. The second kappa shape index (κ2) is 10.3. The summed E-state index contributed by atoms with van der Waals surface area (Å²) >= 11 is 0. The molecule has 1 amide bonds. The van der Waals surface area contributed by atoms with Crippen LogP contribution in [0.2, 0.25) is 0 Å². The van der Waals surface area contributed by atoms with Crippen LogP contribution in [0, 0.1) is 16.7 Å². The van der Waals surface area contributed by atoms with Gasteiger partial charge in [0.15, 0.2) is 0 Å². The number of hydrogen-bond donors (Lipinski definition) is 1. The van der Waals surface area contributed by atoms with Crippen molar-refractivity contribution in [1.29, 1.82) is 5.26 Å². The largest absolute Gasteiger partial charge is 0.416 e. The number of ether oxygens (including phenoxy) is 1. The third kappa shape index (κ3) is 6.96. The number of benzene rings is 2. The first-order valence-corrected chi connectivity index (χ1v) is 9.84. The third-order valence-electron chi connectivity index (χ3n) is 4.96. The van der Waals surface area contributed by atoms with E-state index in [2.05, 4.69) is 5.32 Å². The van der Waals surface area contributed by atoms with Crippen molar-refractivity contribution in [2.45, 2.75) is 38.2 Å². The molecule has 1 atom stereocenters. The minimum Gasteiger partial charge on any atom is -0.383 e. The number of rotatable bonds is 8. The number of nitriles is 1. The Labute approximate surface area is 187 Å². The van der Waals surface area contributed by atoms with E-state index in [1.54, 1.807) is 6.92 Å². The topological polar surface area (TPSA) is 62.1 Å². The fourth-order valence-electron chi connectivity index (χ4n) is 3.42. The van der Waals surface area contributed by atoms with Crippen molar-refractivity contribution in [3.8, 4) is 6.07 Å². The first-order chi connectivity index (χ1) is 15.3. The monoisotopic (exact) mass is 472 g/mol. The van der Waals surface area contributed by atoms with Gasteiger partial charge in [-0.2, -0.15) is 31.6 Å². The van der Waals surface area contributed by atoms with Crippen LogP contribution in [-0.2, 0) is 34.7 Å². The lowest BCUT2D eigenvalue weighted by atomic mass is 9.76. The molecule has 0 aromatic heterocycles. The number of carbonyl (C=O) groups excluding carboxylic acids is 1. The molecule has 4 nitrogen and oxygen atoms in total. The van der Waals surface area contributed by atoms with E-state index in [-0.39, 0.29) is 17.7 Å². The predicted octanol–water partition coefficient (Wildman–Crippen LogP) is 5.17. The molecule has 0 aliphatic rings. The Hall–Kier alpha value is -3.06. The molecule has 0 saturated carbocycles. The molecule has 33 heavy (non-hydrogen) atoms. The van der Waals surface area contributed by atoms with Crippen LogP contribution in [0.1, 0.15) is 29.2 Å². The number of nitrogens with one attached hydrogen (secondary N) is 1. The molecule has 1 N–H and O–H groups in total. The lowest BCUT2D eigenvalue weighted by Crippen LogP contribution is -2.47. The Kier molecular flexibility index (Phi) is 8.14. The summed E-state index contributed by atoms with van der Waals surface area (Å²) in [7, 11) is 1.39. The third-order valence-corrected chi connectivity index (χ3v) is 4.96. The highest BCUT2D eigenvalue weighted by molar-refractivity contribution is 5.86. The van der Waals surface area contributed by atoms with Crippen LogP contribution >= 0.6 is 0 Å². The Morgan fingerprint density at radius 2 is 1.42 bits per heavy atom. The molecular formula is C23H22F6N2O2. The molecule has 2 rings (SSSR count). The molecule has 0 aliphatic heterocycles. The highest BCUT2D eigenvalue weighted by atomic mass is 19.4. The van der Waals surface area contributed by atoms with Crippen molar-refractivity contribution in [3.05, 3.63) is 70.8 Å². The Morgan fingerprint density at radius 1 is 0.970 bits per heavy atom. The molecular weight excluding hydrogens is 450 g/mol. The van der Waals surface area contributed by atoms with Gasteiger partial charge in [0.2, 0.25) is 5.91 Å². The van der Waals surface area contributed by atoms with E-state index >= 15 is 0 Å².